The second-order valence-electron chi connectivity index (χ2n) is 7.25. The van der Waals surface area contributed by atoms with E-state index in [0.29, 0.717) is 23.6 Å². The standard InChI is InChI=1S/C20H26N2O3S2/c1-14-8-9-17(15(2)12-14)13-16(3)21-20(23)18-6-4-10-22(18)27(24,25)19-7-5-11-26-19/h5,7-9,11-12,16,18H,4,6,10,13H2,1-3H3,(H,21,23). The van der Waals surface area contributed by atoms with E-state index in [-0.39, 0.29) is 11.9 Å². The van der Waals surface area contributed by atoms with Crippen molar-refractivity contribution in [3.63, 3.8) is 0 Å². The Balaban J connectivity index is 1.68. The van der Waals surface area contributed by atoms with Crippen molar-refractivity contribution in [3.05, 3.63) is 52.4 Å². The summed E-state index contributed by atoms with van der Waals surface area (Å²) in [5.41, 5.74) is 3.62. The summed E-state index contributed by atoms with van der Waals surface area (Å²) in [7, 11) is -3.60. The van der Waals surface area contributed by atoms with Crippen molar-refractivity contribution in [1.82, 2.24) is 9.62 Å². The molecule has 2 unspecified atom stereocenters. The molecule has 27 heavy (non-hydrogen) atoms. The van der Waals surface area contributed by atoms with Crippen molar-refractivity contribution in [3.8, 4) is 0 Å². The van der Waals surface area contributed by atoms with Gasteiger partial charge in [0.05, 0.1) is 0 Å². The monoisotopic (exact) mass is 406 g/mol. The number of hydrogen-bond donors (Lipinski definition) is 1. The van der Waals surface area contributed by atoms with Crippen LogP contribution in [-0.2, 0) is 21.2 Å². The number of nitrogens with one attached hydrogen (secondary N) is 1. The highest BCUT2D eigenvalue weighted by Gasteiger charge is 2.40. The first-order valence-corrected chi connectivity index (χ1v) is 11.5. The van der Waals surface area contributed by atoms with Gasteiger partial charge in [0.1, 0.15) is 10.3 Å². The van der Waals surface area contributed by atoms with Gasteiger partial charge in [-0.3, -0.25) is 4.79 Å². The minimum absolute atomic E-state index is 0.0641. The molecule has 0 radical (unpaired) electrons. The molecule has 5 nitrogen and oxygen atoms in total. The number of carbonyl (C=O) groups excluding carboxylic acids is 1. The van der Waals surface area contributed by atoms with Gasteiger partial charge in [0.2, 0.25) is 5.91 Å². The molecule has 0 bridgehead atoms. The van der Waals surface area contributed by atoms with Crippen molar-refractivity contribution in [2.24, 2.45) is 0 Å². The maximum atomic E-state index is 12.8. The van der Waals surface area contributed by atoms with Gasteiger partial charge in [-0.15, -0.1) is 11.3 Å². The Morgan fingerprint density at radius 3 is 2.78 bits per heavy atom. The average Bonchev–Trinajstić information content (AvgIpc) is 3.29. The van der Waals surface area contributed by atoms with Crippen LogP contribution in [0.3, 0.4) is 0 Å². The molecule has 146 valence electrons. The molecule has 1 amide bonds. The van der Waals surface area contributed by atoms with Crippen LogP contribution in [0.2, 0.25) is 0 Å². The number of sulfonamides is 1. The molecule has 2 atom stereocenters. The van der Waals surface area contributed by atoms with Gasteiger partial charge in [-0.2, -0.15) is 4.31 Å². The predicted octanol–water partition coefficient (Wildman–Crippen LogP) is 3.27. The zero-order chi connectivity index (χ0) is 19.6. The van der Waals surface area contributed by atoms with E-state index in [1.54, 1.807) is 17.5 Å². The van der Waals surface area contributed by atoms with Gasteiger partial charge >= 0.3 is 0 Å². The number of carbonyl (C=O) groups is 1. The zero-order valence-electron chi connectivity index (χ0n) is 15.9. The third-order valence-electron chi connectivity index (χ3n) is 4.98. The second-order valence-corrected chi connectivity index (χ2v) is 10.3. The van der Waals surface area contributed by atoms with Crippen LogP contribution in [0.25, 0.3) is 0 Å². The lowest BCUT2D eigenvalue weighted by Crippen LogP contribution is -2.48. The second kappa shape index (κ2) is 8.12. The Labute approximate surface area is 165 Å². The molecule has 0 spiro atoms. The minimum Gasteiger partial charge on any atom is -0.352 e. The van der Waals surface area contributed by atoms with Crippen LogP contribution in [0.4, 0.5) is 0 Å². The Bertz CT molecular complexity index is 907. The third kappa shape index (κ3) is 4.42. The van der Waals surface area contributed by atoms with Gasteiger partial charge < -0.3 is 5.32 Å². The van der Waals surface area contributed by atoms with E-state index in [0.717, 1.165) is 6.42 Å². The van der Waals surface area contributed by atoms with Crippen molar-refractivity contribution in [2.45, 2.75) is 56.3 Å². The maximum Gasteiger partial charge on any atom is 0.253 e. The van der Waals surface area contributed by atoms with E-state index < -0.39 is 16.1 Å². The Morgan fingerprint density at radius 1 is 1.33 bits per heavy atom. The third-order valence-corrected chi connectivity index (χ3v) is 8.26. The minimum atomic E-state index is -3.60. The smallest absolute Gasteiger partial charge is 0.253 e. The van der Waals surface area contributed by atoms with Crippen LogP contribution in [0.1, 0.15) is 36.5 Å². The van der Waals surface area contributed by atoms with Crippen LogP contribution in [0.15, 0.2) is 39.9 Å². The van der Waals surface area contributed by atoms with Crippen molar-refractivity contribution < 1.29 is 13.2 Å². The van der Waals surface area contributed by atoms with Gasteiger partial charge in [0.15, 0.2) is 0 Å². The highest BCUT2D eigenvalue weighted by molar-refractivity contribution is 7.91. The molecular formula is C20H26N2O3S2. The lowest BCUT2D eigenvalue weighted by molar-refractivity contribution is -0.124. The fraction of sp³-hybridized carbons (Fsp3) is 0.450. The van der Waals surface area contributed by atoms with Crippen LogP contribution in [0, 0.1) is 13.8 Å². The molecule has 1 N–H and O–H groups in total. The molecular weight excluding hydrogens is 380 g/mol. The molecule has 2 aromatic rings. The summed E-state index contributed by atoms with van der Waals surface area (Å²) in [5.74, 6) is -0.204. The van der Waals surface area contributed by atoms with Crippen molar-refractivity contribution >= 4 is 27.3 Å². The van der Waals surface area contributed by atoms with E-state index in [1.165, 1.54) is 32.3 Å². The average molecular weight is 407 g/mol. The van der Waals surface area contributed by atoms with Gasteiger partial charge in [-0.1, -0.05) is 29.8 Å². The Hall–Kier alpha value is -1.70. The van der Waals surface area contributed by atoms with Gasteiger partial charge in [-0.05, 0) is 62.6 Å². The Kier molecular flexibility index (Phi) is 6.03. The summed E-state index contributed by atoms with van der Waals surface area (Å²) in [6.07, 6.45) is 1.99. The molecule has 0 aliphatic carbocycles. The first kappa shape index (κ1) is 20.0. The molecule has 1 aromatic heterocycles. The molecule has 1 aliphatic heterocycles. The summed E-state index contributed by atoms with van der Waals surface area (Å²) in [5, 5.41) is 4.76. The van der Waals surface area contributed by atoms with E-state index in [2.05, 4.69) is 37.4 Å². The fourth-order valence-corrected chi connectivity index (χ4v) is 6.39. The summed E-state index contributed by atoms with van der Waals surface area (Å²) in [6, 6.07) is 8.92. The molecule has 1 fully saturated rings. The van der Waals surface area contributed by atoms with Gasteiger partial charge in [0.25, 0.3) is 10.0 Å². The number of rotatable bonds is 6. The lowest BCUT2D eigenvalue weighted by atomic mass is 10.00. The summed E-state index contributed by atoms with van der Waals surface area (Å²) >= 11 is 1.19. The lowest BCUT2D eigenvalue weighted by Gasteiger charge is -2.24. The highest BCUT2D eigenvalue weighted by atomic mass is 32.2. The van der Waals surface area contributed by atoms with Crippen LogP contribution in [0.5, 0.6) is 0 Å². The topological polar surface area (TPSA) is 66.5 Å². The first-order chi connectivity index (χ1) is 12.8. The summed E-state index contributed by atoms with van der Waals surface area (Å²) in [4.78, 5) is 12.8. The predicted molar refractivity (Wildman–Crippen MR) is 108 cm³/mol. The normalized spacial score (nSPS) is 19.1. The number of amides is 1. The number of benzene rings is 1. The van der Waals surface area contributed by atoms with Crippen LogP contribution >= 0.6 is 11.3 Å². The van der Waals surface area contributed by atoms with E-state index in [1.807, 2.05) is 6.92 Å². The van der Waals surface area contributed by atoms with Gasteiger partial charge in [0, 0.05) is 12.6 Å². The van der Waals surface area contributed by atoms with E-state index in [4.69, 9.17) is 0 Å². The molecule has 1 aromatic carbocycles. The van der Waals surface area contributed by atoms with Crippen LogP contribution < -0.4 is 5.32 Å². The first-order valence-electron chi connectivity index (χ1n) is 9.21. The molecule has 3 rings (SSSR count). The summed E-state index contributed by atoms with van der Waals surface area (Å²) < 4.78 is 27.3. The highest BCUT2D eigenvalue weighted by Crippen LogP contribution is 2.28. The van der Waals surface area contributed by atoms with E-state index >= 15 is 0 Å². The van der Waals surface area contributed by atoms with Crippen molar-refractivity contribution in [2.75, 3.05) is 6.54 Å². The van der Waals surface area contributed by atoms with E-state index in [9.17, 15) is 13.2 Å². The molecule has 2 heterocycles. The maximum absolute atomic E-state index is 12.8. The SMILES string of the molecule is Cc1ccc(CC(C)NC(=O)C2CCCN2S(=O)(=O)c2cccs2)c(C)c1. The summed E-state index contributed by atoms with van der Waals surface area (Å²) in [6.45, 7) is 6.49. The number of hydrogen-bond acceptors (Lipinski definition) is 4. The Morgan fingerprint density at radius 2 is 2.11 bits per heavy atom. The zero-order valence-corrected chi connectivity index (χ0v) is 17.6. The molecule has 0 saturated carbocycles. The number of nitrogens with zero attached hydrogens (tertiary/aromatic N) is 1. The number of aryl methyl sites for hydroxylation is 2. The quantitative estimate of drug-likeness (QED) is 0.801. The largest absolute Gasteiger partial charge is 0.352 e. The fourth-order valence-electron chi connectivity index (χ4n) is 3.61. The van der Waals surface area contributed by atoms with Gasteiger partial charge in [-0.25, -0.2) is 8.42 Å². The molecule has 1 aliphatic rings. The van der Waals surface area contributed by atoms with Crippen molar-refractivity contribution in [1.29, 1.82) is 0 Å². The molecule has 7 heteroatoms. The number of thiophene rings is 1. The van der Waals surface area contributed by atoms with Crippen LogP contribution in [-0.4, -0.2) is 37.3 Å². The molecule has 1 saturated heterocycles.